The Hall–Kier alpha value is -3.31. The Morgan fingerprint density at radius 3 is 2.71 bits per heavy atom. The monoisotopic (exact) mass is 439 g/mol. The van der Waals surface area contributed by atoms with E-state index < -0.39 is 23.7 Å². The van der Waals surface area contributed by atoms with Crippen LogP contribution < -0.4 is 14.4 Å². The SMILES string of the molecule is COc1ncc(N2CCc3ncnc(OC4CCN(C(=O)O)C4)c3C2)cc1C(F)(F)F. The number of rotatable bonds is 4. The van der Waals surface area contributed by atoms with Crippen molar-refractivity contribution in [3.8, 4) is 11.8 Å². The minimum Gasteiger partial charge on any atom is -0.481 e. The molecule has 2 aromatic heterocycles. The summed E-state index contributed by atoms with van der Waals surface area (Å²) in [5, 5.41) is 9.11. The van der Waals surface area contributed by atoms with Crippen LogP contribution in [-0.4, -0.2) is 63.9 Å². The van der Waals surface area contributed by atoms with Gasteiger partial charge in [-0.1, -0.05) is 0 Å². The van der Waals surface area contributed by atoms with Gasteiger partial charge in [-0.25, -0.2) is 19.7 Å². The predicted molar refractivity (Wildman–Crippen MR) is 101 cm³/mol. The van der Waals surface area contributed by atoms with E-state index in [1.54, 1.807) is 4.90 Å². The van der Waals surface area contributed by atoms with E-state index in [0.29, 0.717) is 43.1 Å². The lowest BCUT2D eigenvalue weighted by molar-refractivity contribution is -0.139. The van der Waals surface area contributed by atoms with E-state index in [1.165, 1.54) is 17.4 Å². The molecule has 1 unspecified atom stereocenters. The van der Waals surface area contributed by atoms with E-state index in [2.05, 4.69) is 15.0 Å². The van der Waals surface area contributed by atoms with Crippen molar-refractivity contribution in [3.63, 3.8) is 0 Å². The number of pyridine rings is 1. The Labute approximate surface area is 175 Å². The lowest BCUT2D eigenvalue weighted by Gasteiger charge is -2.31. The number of fused-ring (bicyclic) bond motifs is 1. The molecule has 1 fully saturated rings. The first kappa shape index (κ1) is 20.9. The molecular weight excluding hydrogens is 419 g/mol. The highest BCUT2D eigenvalue weighted by atomic mass is 19.4. The molecule has 2 aromatic rings. The molecule has 31 heavy (non-hydrogen) atoms. The van der Waals surface area contributed by atoms with Crippen LogP contribution in [0.2, 0.25) is 0 Å². The summed E-state index contributed by atoms with van der Waals surface area (Å²) in [4.78, 5) is 26.4. The van der Waals surface area contributed by atoms with E-state index in [0.717, 1.165) is 18.9 Å². The number of nitrogens with zero attached hydrogens (tertiary/aromatic N) is 5. The van der Waals surface area contributed by atoms with Gasteiger partial charge in [-0.2, -0.15) is 13.2 Å². The molecule has 2 aliphatic rings. The highest BCUT2D eigenvalue weighted by Gasteiger charge is 2.36. The predicted octanol–water partition coefficient (Wildman–Crippen LogP) is 2.59. The van der Waals surface area contributed by atoms with Gasteiger partial charge in [0.25, 0.3) is 0 Å². The first-order valence-electron chi connectivity index (χ1n) is 9.59. The number of carbonyl (C=O) groups is 1. The Kier molecular flexibility index (Phi) is 5.46. The number of ether oxygens (including phenoxy) is 2. The third-order valence-electron chi connectivity index (χ3n) is 5.36. The number of alkyl halides is 3. The van der Waals surface area contributed by atoms with Crippen LogP contribution in [0, 0.1) is 0 Å². The van der Waals surface area contributed by atoms with Gasteiger partial charge in [0.1, 0.15) is 18.0 Å². The van der Waals surface area contributed by atoms with E-state index in [9.17, 15) is 18.0 Å². The zero-order valence-electron chi connectivity index (χ0n) is 16.6. The number of halogens is 3. The molecule has 2 aliphatic heterocycles. The standard InChI is InChI=1S/C19H20F3N5O4/c1-30-17-14(19(20,21)22)6-11(7-23-17)26-5-3-15-13(9-26)16(25-10-24-15)31-12-2-4-27(8-12)18(28)29/h6-7,10,12H,2-5,8-9H2,1H3,(H,28,29). The van der Waals surface area contributed by atoms with Crippen molar-refractivity contribution in [1.82, 2.24) is 19.9 Å². The summed E-state index contributed by atoms with van der Waals surface area (Å²) in [6.45, 7) is 1.30. The van der Waals surface area contributed by atoms with Crippen molar-refractivity contribution in [1.29, 1.82) is 0 Å². The van der Waals surface area contributed by atoms with Crippen molar-refractivity contribution in [2.24, 2.45) is 0 Å². The van der Waals surface area contributed by atoms with Crippen molar-refractivity contribution in [2.75, 3.05) is 31.6 Å². The summed E-state index contributed by atoms with van der Waals surface area (Å²) in [6.07, 6.45) is -2.20. The van der Waals surface area contributed by atoms with Crippen molar-refractivity contribution in [2.45, 2.75) is 31.7 Å². The topological polar surface area (TPSA) is 101 Å². The molecule has 0 aromatic carbocycles. The summed E-state index contributed by atoms with van der Waals surface area (Å²) >= 11 is 0. The van der Waals surface area contributed by atoms with E-state index >= 15 is 0 Å². The van der Waals surface area contributed by atoms with Crippen molar-refractivity contribution < 1.29 is 32.5 Å². The Bertz CT molecular complexity index is 988. The Morgan fingerprint density at radius 1 is 1.23 bits per heavy atom. The largest absolute Gasteiger partial charge is 0.481 e. The van der Waals surface area contributed by atoms with Crippen LogP contribution in [-0.2, 0) is 19.1 Å². The maximum absolute atomic E-state index is 13.4. The zero-order valence-corrected chi connectivity index (χ0v) is 16.6. The van der Waals surface area contributed by atoms with Crippen LogP contribution in [0.15, 0.2) is 18.6 Å². The molecule has 0 bridgehead atoms. The summed E-state index contributed by atoms with van der Waals surface area (Å²) in [5.41, 5.74) is 0.782. The number of amides is 1. The fourth-order valence-electron chi connectivity index (χ4n) is 3.77. The minimum atomic E-state index is -4.60. The fraction of sp³-hybridized carbons (Fsp3) is 0.474. The lowest BCUT2D eigenvalue weighted by Crippen LogP contribution is -2.33. The molecule has 1 N–H and O–H groups in total. The van der Waals surface area contributed by atoms with E-state index in [-0.39, 0.29) is 19.2 Å². The van der Waals surface area contributed by atoms with Crippen LogP contribution in [0.5, 0.6) is 11.8 Å². The average molecular weight is 439 g/mol. The lowest BCUT2D eigenvalue weighted by atomic mass is 10.1. The molecule has 4 heterocycles. The van der Waals surface area contributed by atoms with Crippen molar-refractivity contribution in [3.05, 3.63) is 35.4 Å². The highest BCUT2D eigenvalue weighted by Crippen LogP contribution is 2.38. The molecule has 0 radical (unpaired) electrons. The second kappa shape index (κ2) is 8.08. The normalized spacial score (nSPS) is 18.6. The van der Waals surface area contributed by atoms with Gasteiger partial charge in [-0.3, -0.25) is 0 Å². The van der Waals surface area contributed by atoms with Crippen LogP contribution in [0.3, 0.4) is 0 Å². The summed E-state index contributed by atoms with van der Waals surface area (Å²) < 4.78 is 50.8. The number of methoxy groups -OCH3 is 1. The molecule has 1 saturated heterocycles. The highest BCUT2D eigenvalue weighted by molar-refractivity contribution is 5.65. The number of anilines is 1. The molecule has 0 aliphatic carbocycles. The average Bonchev–Trinajstić information content (AvgIpc) is 3.21. The maximum atomic E-state index is 13.4. The van der Waals surface area contributed by atoms with Crippen LogP contribution >= 0.6 is 0 Å². The third-order valence-corrected chi connectivity index (χ3v) is 5.36. The van der Waals surface area contributed by atoms with Crippen LogP contribution in [0.1, 0.15) is 23.2 Å². The molecule has 1 atom stereocenters. The van der Waals surface area contributed by atoms with Crippen LogP contribution in [0.25, 0.3) is 0 Å². The number of carboxylic acid groups (broad SMARTS) is 1. The third kappa shape index (κ3) is 4.28. The van der Waals surface area contributed by atoms with E-state index in [4.69, 9.17) is 14.6 Å². The Balaban J connectivity index is 1.57. The maximum Gasteiger partial charge on any atom is 0.421 e. The van der Waals surface area contributed by atoms with Gasteiger partial charge in [-0.15, -0.1) is 0 Å². The number of likely N-dealkylation sites (tertiary alicyclic amines) is 1. The summed E-state index contributed by atoms with van der Waals surface area (Å²) in [7, 11) is 1.14. The molecule has 1 amide bonds. The number of aromatic nitrogens is 3. The summed E-state index contributed by atoms with van der Waals surface area (Å²) in [5.74, 6) is -0.158. The number of hydrogen-bond donors (Lipinski definition) is 1. The van der Waals surface area contributed by atoms with Crippen LogP contribution in [0.4, 0.5) is 23.7 Å². The van der Waals surface area contributed by atoms with E-state index in [1.807, 2.05) is 0 Å². The van der Waals surface area contributed by atoms with Gasteiger partial charge in [0.15, 0.2) is 0 Å². The minimum absolute atomic E-state index is 0.231. The smallest absolute Gasteiger partial charge is 0.421 e. The van der Waals surface area contributed by atoms with Crippen molar-refractivity contribution >= 4 is 11.8 Å². The molecule has 12 heteroatoms. The quantitative estimate of drug-likeness (QED) is 0.776. The number of hydrogen-bond acceptors (Lipinski definition) is 7. The first-order chi connectivity index (χ1) is 14.8. The molecule has 0 saturated carbocycles. The fourth-order valence-corrected chi connectivity index (χ4v) is 3.77. The second-order valence-corrected chi connectivity index (χ2v) is 7.28. The molecule has 0 spiro atoms. The van der Waals surface area contributed by atoms with Gasteiger partial charge in [-0.05, 0) is 6.07 Å². The Morgan fingerprint density at radius 2 is 2.03 bits per heavy atom. The zero-order chi connectivity index (χ0) is 22.2. The second-order valence-electron chi connectivity index (χ2n) is 7.28. The molecular formula is C19H20F3N5O4. The van der Waals surface area contributed by atoms with Gasteiger partial charge >= 0.3 is 12.3 Å². The van der Waals surface area contributed by atoms with Gasteiger partial charge in [0.05, 0.1) is 43.3 Å². The van der Waals surface area contributed by atoms with Gasteiger partial charge in [0, 0.05) is 25.9 Å². The molecule has 166 valence electrons. The first-order valence-corrected chi connectivity index (χ1v) is 9.59. The molecule has 4 rings (SSSR count). The van der Waals surface area contributed by atoms with Gasteiger partial charge < -0.3 is 24.4 Å². The summed E-state index contributed by atoms with van der Waals surface area (Å²) in [6, 6.07) is 1.02. The molecule has 9 nitrogen and oxygen atoms in total. The van der Waals surface area contributed by atoms with Gasteiger partial charge in [0.2, 0.25) is 11.8 Å².